The van der Waals surface area contributed by atoms with Gasteiger partial charge in [0, 0.05) is 12.6 Å². The largest absolute Gasteiger partial charge is 0.352 e. The first kappa shape index (κ1) is 13.6. The second-order valence-electron chi connectivity index (χ2n) is 4.20. The highest BCUT2D eigenvalue weighted by Gasteiger charge is 2.11. The van der Waals surface area contributed by atoms with Crippen LogP contribution in [0.25, 0.3) is 0 Å². The fourth-order valence-electron chi connectivity index (χ4n) is 1.47. The predicted molar refractivity (Wildman–Crippen MR) is 66.4 cm³/mol. The fourth-order valence-corrected chi connectivity index (χ4v) is 1.47. The minimum Gasteiger partial charge on any atom is -0.352 e. The molecule has 1 aromatic rings. The van der Waals surface area contributed by atoms with E-state index in [1.54, 1.807) is 13.0 Å². The summed E-state index contributed by atoms with van der Waals surface area (Å²) in [4.78, 5) is 11.7. The molecule has 0 aliphatic heterocycles. The number of halogens is 1. The monoisotopic (exact) mass is 238 g/mol. The zero-order chi connectivity index (χ0) is 12.8. The molecule has 3 nitrogen and oxygen atoms in total. The van der Waals surface area contributed by atoms with E-state index in [0.29, 0.717) is 13.0 Å². The van der Waals surface area contributed by atoms with Gasteiger partial charge in [0.25, 0.3) is 5.91 Å². The summed E-state index contributed by atoms with van der Waals surface area (Å²) in [5.41, 5.74) is 6.60. The van der Waals surface area contributed by atoms with Crippen LogP contribution in [0.15, 0.2) is 18.2 Å². The Morgan fingerprint density at radius 3 is 2.82 bits per heavy atom. The molecule has 1 rings (SSSR count). The van der Waals surface area contributed by atoms with E-state index in [-0.39, 0.29) is 17.5 Å². The van der Waals surface area contributed by atoms with Crippen LogP contribution in [0.5, 0.6) is 0 Å². The summed E-state index contributed by atoms with van der Waals surface area (Å²) >= 11 is 0. The topological polar surface area (TPSA) is 55.1 Å². The predicted octanol–water partition coefficient (Wildman–Crippen LogP) is 1.99. The van der Waals surface area contributed by atoms with Crippen LogP contribution in [0.3, 0.4) is 0 Å². The molecule has 0 saturated heterocycles. The van der Waals surface area contributed by atoms with Gasteiger partial charge in [-0.15, -0.1) is 0 Å². The number of nitrogens with two attached hydrogens (primary N) is 1. The highest BCUT2D eigenvalue weighted by atomic mass is 19.1. The van der Waals surface area contributed by atoms with Crippen molar-refractivity contribution >= 4 is 5.91 Å². The molecular formula is C13H19FN2O. The van der Waals surface area contributed by atoms with Crippen molar-refractivity contribution in [2.24, 2.45) is 5.73 Å². The number of carbonyl (C=O) groups is 1. The molecule has 1 unspecified atom stereocenters. The summed E-state index contributed by atoms with van der Waals surface area (Å²) in [5, 5.41) is 2.67. The van der Waals surface area contributed by atoms with E-state index < -0.39 is 5.82 Å². The lowest BCUT2D eigenvalue weighted by Gasteiger charge is -2.10. The molecule has 94 valence electrons. The first-order chi connectivity index (χ1) is 8.04. The molecule has 0 aliphatic carbocycles. The van der Waals surface area contributed by atoms with Gasteiger partial charge in [-0.25, -0.2) is 4.39 Å². The van der Waals surface area contributed by atoms with Gasteiger partial charge in [0.05, 0.1) is 5.56 Å². The average Bonchev–Trinajstić information content (AvgIpc) is 2.28. The van der Waals surface area contributed by atoms with Crippen molar-refractivity contribution in [1.29, 1.82) is 0 Å². The van der Waals surface area contributed by atoms with Crippen LogP contribution >= 0.6 is 0 Å². The Balaban J connectivity index is 2.52. The third-order valence-electron chi connectivity index (χ3n) is 2.69. The Morgan fingerprint density at radius 2 is 2.24 bits per heavy atom. The molecule has 3 N–H and O–H groups in total. The molecule has 0 radical (unpaired) electrons. The molecule has 1 aromatic carbocycles. The van der Waals surface area contributed by atoms with E-state index in [2.05, 4.69) is 5.32 Å². The van der Waals surface area contributed by atoms with Crippen LogP contribution in [-0.2, 0) is 0 Å². The molecule has 0 heterocycles. The molecule has 0 spiro atoms. The van der Waals surface area contributed by atoms with Gasteiger partial charge >= 0.3 is 0 Å². The van der Waals surface area contributed by atoms with Crippen LogP contribution < -0.4 is 11.1 Å². The van der Waals surface area contributed by atoms with Gasteiger partial charge in [-0.05, 0) is 37.5 Å². The maximum Gasteiger partial charge on any atom is 0.254 e. The average molecular weight is 238 g/mol. The highest BCUT2D eigenvalue weighted by Crippen LogP contribution is 2.09. The molecule has 1 amide bonds. The standard InChI is InChI=1S/C13H19FN2O/c1-3-10(15)6-7-16-13(17)11-5-4-9(2)8-12(11)14/h4-5,8,10H,3,6-7,15H2,1-2H3,(H,16,17). The van der Waals surface area contributed by atoms with Gasteiger partial charge in [-0.1, -0.05) is 13.0 Å². The number of hydrogen-bond donors (Lipinski definition) is 2. The Labute approximate surface area is 101 Å². The number of carbonyl (C=O) groups excluding carboxylic acids is 1. The zero-order valence-corrected chi connectivity index (χ0v) is 10.3. The number of benzene rings is 1. The summed E-state index contributed by atoms with van der Waals surface area (Å²) in [6.45, 7) is 4.25. The van der Waals surface area contributed by atoms with Gasteiger partial charge in [-0.3, -0.25) is 4.79 Å². The molecule has 1 atom stereocenters. The van der Waals surface area contributed by atoms with Crippen molar-refractivity contribution in [2.75, 3.05) is 6.54 Å². The second-order valence-corrected chi connectivity index (χ2v) is 4.20. The lowest BCUT2D eigenvalue weighted by Crippen LogP contribution is -2.30. The SMILES string of the molecule is CCC(N)CCNC(=O)c1ccc(C)cc1F. The lowest BCUT2D eigenvalue weighted by atomic mass is 10.1. The molecule has 0 saturated carbocycles. The molecule has 4 heteroatoms. The van der Waals surface area contributed by atoms with Crippen LogP contribution in [0.4, 0.5) is 4.39 Å². The zero-order valence-electron chi connectivity index (χ0n) is 10.3. The van der Waals surface area contributed by atoms with Crippen molar-refractivity contribution in [1.82, 2.24) is 5.32 Å². The van der Waals surface area contributed by atoms with Gasteiger partial charge in [0.15, 0.2) is 0 Å². The summed E-state index contributed by atoms with van der Waals surface area (Å²) in [7, 11) is 0. The number of aryl methyl sites for hydroxylation is 1. The Kier molecular flexibility index (Phi) is 5.10. The quantitative estimate of drug-likeness (QED) is 0.824. The van der Waals surface area contributed by atoms with Crippen LogP contribution in [0, 0.1) is 12.7 Å². The minimum atomic E-state index is -0.484. The van der Waals surface area contributed by atoms with E-state index in [4.69, 9.17) is 5.73 Å². The van der Waals surface area contributed by atoms with Crippen LogP contribution in [0.1, 0.15) is 35.7 Å². The lowest BCUT2D eigenvalue weighted by molar-refractivity contribution is 0.0948. The van der Waals surface area contributed by atoms with E-state index in [9.17, 15) is 9.18 Å². The number of amides is 1. The molecule has 17 heavy (non-hydrogen) atoms. The number of hydrogen-bond acceptors (Lipinski definition) is 2. The van der Waals surface area contributed by atoms with Crippen molar-refractivity contribution in [2.45, 2.75) is 32.7 Å². The maximum atomic E-state index is 13.5. The van der Waals surface area contributed by atoms with E-state index in [1.165, 1.54) is 12.1 Å². The molecular weight excluding hydrogens is 219 g/mol. The van der Waals surface area contributed by atoms with Crippen molar-refractivity contribution < 1.29 is 9.18 Å². The molecule has 0 bridgehead atoms. The van der Waals surface area contributed by atoms with Crippen LogP contribution in [-0.4, -0.2) is 18.5 Å². The Hall–Kier alpha value is -1.42. The Morgan fingerprint density at radius 1 is 1.53 bits per heavy atom. The summed E-state index contributed by atoms with van der Waals surface area (Å²) in [6.07, 6.45) is 1.57. The summed E-state index contributed by atoms with van der Waals surface area (Å²) < 4.78 is 13.5. The Bertz CT molecular complexity index is 393. The molecule has 0 aliphatic rings. The summed E-state index contributed by atoms with van der Waals surface area (Å²) in [5.74, 6) is -0.868. The van der Waals surface area contributed by atoms with Gasteiger partial charge < -0.3 is 11.1 Å². The van der Waals surface area contributed by atoms with Crippen molar-refractivity contribution in [3.05, 3.63) is 35.1 Å². The normalized spacial score (nSPS) is 12.2. The third-order valence-corrected chi connectivity index (χ3v) is 2.69. The molecule has 0 fully saturated rings. The first-order valence-electron chi connectivity index (χ1n) is 5.84. The highest BCUT2D eigenvalue weighted by molar-refractivity contribution is 5.94. The first-order valence-corrected chi connectivity index (χ1v) is 5.84. The van der Waals surface area contributed by atoms with Crippen molar-refractivity contribution in [3.63, 3.8) is 0 Å². The fraction of sp³-hybridized carbons (Fsp3) is 0.462. The maximum absolute atomic E-state index is 13.5. The molecule has 0 aromatic heterocycles. The van der Waals surface area contributed by atoms with E-state index in [0.717, 1.165) is 12.0 Å². The number of nitrogens with one attached hydrogen (secondary N) is 1. The van der Waals surface area contributed by atoms with Crippen LogP contribution in [0.2, 0.25) is 0 Å². The summed E-state index contributed by atoms with van der Waals surface area (Å²) in [6, 6.07) is 4.65. The van der Waals surface area contributed by atoms with Gasteiger partial charge in [0.2, 0.25) is 0 Å². The van der Waals surface area contributed by atoms with Gasteiger partial charge in [-0.2, -0.15) is 0 Å². The second kappa shape index (κ2) is 6.35. The third kappa shape index (κ3) is 4.15. The van der Waals surface area contributed by atoms with Gasteiger partial charge in [0.1, 0.15) is 5.82 Å². The van der Waals surface area contributed by atoms with E-state index in [1.807, 2.05) is 6.92 Å². The number of rotatable bonds is 5. The minimum absolute atomic E-state index is 0.0816. The van der Waals surface area contributed by atoms with Crippen molar-refractivity contribution in [3.8, 4) is 0 Å². The van der Waals surface area contributed by atoms with E-state index >= 15 is 0 Å². The smallest absolute Gasteiger partial charge is 0.254 e.